The van der Waals surface area contributed by atoms with E-state index in [-0.39, 0.29) is 11.9 Å². The van der Waals surface area contributed by atoms with Gasteiger partial charge in [-0.3, -0.25) is 4.98 Å². The van der Waals surface area contributed by atoms with Crippen LogP contribution in [0.2, 0.25) is 0 Å². The summed E-state index contributed by atoms with van der Waals surface area (Å²) >= 11 is 0. The van der Waals surface area contributed by atoms with Gasteiger partial charge in [0.25, 0.3) is 0 Å². The number of benzene rings is 1. The molecule has 1 heterocycles. The minimum absolute atomic E-state index is 0.313. The second kappa shape index (κ2) is 5.89. The maximum absolute atomic E-state index is 13.9. The van der Waals surface area contributed by atoms with Crippen molar-refractivity contribution in [2.24, 2.45) is 0 Å². The summed E-state index contributed by atoms with van der Waals surface area (Å²) in [6.07, 6.45) is 2.71. The van der Waals surface area contributed by atoms with Crippen LogP contribution in [0.3, 0.4) is 0 Å². The number of aromatic nitrogens is 1. The fourth-order valence-corrected chi connectivity index (χ4v) is 2.16. The fraction of sp³-hybridized carbons (Fsp3) is 0.267. The summed E-state index contributed by atoms with van der Waals surface area (Å²) in [4.78, 5) is 3.74. The minimum atomic E-state index is -0.393. The maximum Gasteiger partial charge on any atom is 0.146 e. The van der Waals surface area contributed by atoms with E-state index < -0.39 is 5.82 Å². The normalized spacial score (nSPS) is 12.4. The Balaban J connectivity index is 2.48. The zero-order valence-corrected chi connectivity index (χ0v) is 11.0. The van der Waals surface area contributed by atoms with E-state index in [9.17, 15) is 8.78 Å². The molecule has 2 aromatic rings. The van der Waals surface area contributed by atoms with Crippen molar-refractivity contribution in [3.05, 3.63) is 65.0 Å². The Morgan fingerprint density at radius 2 is 2.05 bits per heavy atom. The van der Waals surface area contributed by atoms with Gasteiger partial charge < -0.3 is 5.32 Å². The van der Waals surface area contributed by atoms with Crippen molar-refractivity contribution in [2.75, 3.05) is 6.54 Å². The van der Waals surface area contributed by atoms with Crippen molar-refractivity contribution in [2.45, 2.75) is 19.9 Å². The van der Waals surface area contributed by atoms with E-state index in [2.05, 4.69) is 10.3 Å². The van der Waals surface area contributed by atoms with Crippen molar-refractivity contribution in [1.29, 1.82) is 0 Å². The van der Waals surface area contributed by atoms with Gasteiger partial charge in [0.05, 0.1) is 12.2 Å². The molecule has 0 spiro atoms. The summed E-state index contributed by atoms with van der Waals surface area (Å²) in [5, 5.41) is 3.18. The standard InChI is InChI=1S/C15H16F2N2/c1-3-19-15(13-4-5-18-9-14(13)17)11-6-10(2)7-12(16)8-11/h4-9,15,19H,3H2,1-2H3. The average molecular weight is 262 g/mol. The smallest absolute Gasteiger partial charge is 0.146 e. The summed E-state index contributed by atoms with van der Waals surface area (Å²) in [5.41, 5.74) is 2.00. The predicted molar refractivity (Wildman–Crippen MR) is 70.9 cm³/mol. The number of halogens is 2. The van der Waals surface area contributed by atoms with Crippen LogP contribution in [-0.2, 0) is 0 Å². The topological polar surface area (TPSA) is 24.9 Å². The molecule has 0 aliphatic carbocycles. The monoisotopic (exact) mass is 262 g/mol. The first-order chi connectivity index (χ1) is 9.11. The molecule has 19 heavy (non-hydrogen) atoms. The SMILES string of the molecule is CCNC(c1cc(C)cc(F)c1)c1ccncc1F. The highest BCUT2D eigenvalue weighted by Gasteiger charge is 2.17. The molecule has 1 aromatic heterocycles. The van der Waals surface area contributed by atoms with Gasteiger partial charge in [-0.05, 0) is 42.8 Å². The highest BCUT2D eigenvalue weighted by molar-refractivity contribution is 5.34. The van der Waals surface area contributed by atoms with E-state index in [1.54, 1.807) is 6.07 Å². The minimum Gasteiger partial charge on any atom is -0.306 e. The van der Waals surface area contributed by atoms with Crippen LogP contribution in [0.5, 0.6) is 0 Å². The van der Waals surface area contributed by atoms with Gasteiger partial charge in [-0.25, -0.2) is 8.78 Å². The van der Waals surface area contributed by atoms with Crippen LogP contribution in [0.1, 0.15) is 29.7 Å². The lowest BCUT2D eigenvalue weighted by molar-refractivity contribution is 0.550. The van der Waals surface area contributed by atoms with E-state index in [1.807, 2.05) is 19.9 Å². The van der Waals surface area contributed by atoms with E-state index in [0.29, 0.717) is 17.7 Å². The molecule has 0 saturated carbocycles. The van der Waals surface area contributed by atoms with Crippen LogP contribution >= 0.6 is 0 Å². The molecule has 0 aliphatic rings. The zero-order chi connectivity index (χ0) is 13.8. The fourth-order valence-electron chi connectivity index (χ4n) is 2.16. The number of hydrogen-bond acceptors (Lipinski definition) is 2. The van der Waals surface area contributed by atoms with Crippen LogP contribution in [0.25, 0.3) is 0 Å². The second-order valence-electron chi connectivity index (χ2n) is 4.45. The molecule has 2 rings (SSSR count). The molecule has 0 fully saturated rings. The third-order valence-corrected chi connectivity index (χ3v) is 2.92. The van der Waals surface area contributed by atoms with Crippen LogP contribution < -0.4 is 5.32 Å². The molecule has 0 saturated heterocycles. The highest BCUT2D eigenvalue weighted by Crippen LogP contribution is 2.25. The summed E-state index contributed by atoms with van der Waals surface area (Å²) in [6.45, 7) is 4.40. The lowest BCUT2D eigenvalue weighted by Crippen LogP contribution is -2.23. The van der Waals surface area contributed by atoms with Gasteiger partial charge in [0.1, 0.15) is 11.6 Å². The van der Waals surface area contributed by atoms with Crippen molar-refractivity contribution < 1.29 is 8.78 Å². The molecule has 0 amide bonds. The largest absolute Gasteiger partial charge is 0.306 e. The van der Waals surface area contributed by atoms with Gasteiger partial charge in [0, 0.05) is 11.8 Å². The molecule has 0 aliphatic heterocycles. The number of hydrogen-bond donors (Lipinski definition) is 1. The van der Waals surface area contributed by atoms with Gasteiger partial charge in [-0.1, -0.05) is 13.0 Å². The Labute approximate surface area is 111 Å². The van der Waals surface area contributed by atoms with Crippen molar-refractivity contribution in [1.82, 2.24) is 10.3 Å². The Kier molecular flexibility index (Phi) is 4.22. The summed E-state index contributed by atoms with van der Waals surface area (Å²) < 4.78 is 27.4. The van der Waals surface area contributed by atoms with Crippen LogP contribution in [0, 0.1) is 18.6 Å². The van der Waals surface area contributed by atoms with Crippen molar-refractivity contribution in [3.63, 3.8) is 0 Å². The first kappa shape index (κ1) is 13.6. The van der Waals surface area contributed by atoms with Gasteiger partial charge >= 0.3 is 0 Å². The summed E-state index contributed by atoms with van der Waals surface area (Å²) in [7, 11) is 0. The Hall–Kier alpha value is -1.81. The molecule has 1 aromatic carbocycles. The predicted octanol–water partition coefficient (Wildman–Crippen LogP) is 3.37. The first-order valence-corrected chi connectivity index (χ1v) is 6.21. The van der Waals surface area contributed by atoms with E-state index >= 15 is 0 Å². The Bertz CT molecular complexity index is 550. The molecule has 0 bridgehead atoms. The van der Waals surface area contributed by atoms with E-state index in [0.717, 1.165) is 5.56 Å². The third-order valence-electron chi connectivity index (χ3n) is 2.92. The maximum atomic E-state index is 13.9. The quantitative estimate of drug-likeness (QED) is 0.913. The molecule has 0 radical (unpaired) electrons. The zero-order valence-electron chi connectivity index (χ0n) is 11.0. The van der Waals surface area contributed by atoms with Gasteiger partial charge in [-0.15, -0.1) is 0 Å². The number of pyridine rings is 1. The van der Waals surface area contributed by atoms with Gasteiger partial charge in [0.15, 0.2) is 0 Å². The summed E-state index contributed by atoms with van der Waals surface area (Å²) in [5.74, 6) is -0.706. The lowest BCUT2D eigenvalue weighted by atomic mass is 9.97. The third kappa shape index (κ3) is 3.15. The van der Waals surface area contributed by atoms with Gasteiger partial charge in [-0.2, -0.15) is 0 Å². The molecule has 1 unspecified atom stereocenters. The van der Waals surface area contributed by atoms with E-state index in [1.165, 1.54) is 24.5 Å². The number of aryl methyl sites for hydroxylation is 1. The summed E-state index contributed by atoms with van der Waals surface area (Å²) in [6, 6.07) is 5.98. The first-order valence-electron chi connectivity index (χ1n) is 6.21. The van der Waals surface area contributed by atoms with Crippen LogP contribution in [0.4, 0.5) is 8.78 Å². The van der Waals surface area contributed by atoms with Crippen molar-refractivity contribution >= 4 is 0 Å². The average Bonchev–Trinajstić information content (AvgIpc) is 2.36. The van der Waals surface area contributed by atoms with Crippen LogP contribution in [0.15, 0.2) is 36.7 Å². The van der Waals surface area contributed by atoms with Crippen molar-refractivity contribution in [3.8, 4) is 0 Å². The van der Waals surface area contributed by atoms with Crippen LogP contribution in [-0.4, -0.2) is 11.5 Å². The second-order valence-corrected chi connectivity index (χ2v) is 4.45. The molecule has 100 valence electrons. The van der Waals surface area contributed by atoms with Gasteiger partial charge in [0.2, 0.25) is 0 Å². The Morgan fingerprint density at radius 1 is 1.26 bits per heavy atom. The molecular weight excluding hydrogens is 246 g/mol. The number of rotatable bonds is 4. The Morgan fingerprint density at radius 3 is 2.68 bits per heavy atom. The molecule has 1 atom stereocenters. The molecule has 4 heteroatoms. The van der Waals surface area contributed by atoms with E-state index in [4.69, 9.17) is 0 Å². The molecule has 2 nitrogen and oxygen atoms in total. The lowest BCUT2D eigenvalue weighted by Gasteiger charge is -2.20. The highest BCUT2D eigenvalue weighted by atomic mass is 19.1. The number of nitrogens with one attached hydrogen (secondary N) is 1. The molecule has 1 N–H and O–H groups in total. The number of nitrogens with zero attached hydrogens (tertiary/aromatic N) is 1. The molecular formula is C15H16F2N2.